The van der Waals surface area contributed by atoms with E-state index in [2.05, 4.69) is 5.32 Å². The minimum Gasteiger partial charge on any atom is -0.486 e. The molecule has 126 valence electrons. The molecule has 5 heteroatoms. The minimum atomic E-state index is -0.0342. The Labute approximate surface area is 137 Å². The Balaban J connectivity index is 1.49. The van der Waals surface area contributed by atoms with Gasteiger partial charge in [0.1, 0.15) is 13.2 Å². The van der Waals surface area contributed by atoms with E-state index in [1.54, 1.807) is 0 Å². The van der Waals surface area contributed by atoms with Crippen molar-refractivity contribution in [3.05, 3.63) is 23.8 Å². The molecule has 1 unspecified atom stereocenters. The standard InChI is InChI=1S/C18H25NO4/c1-13(15-3-4-16-17(12-15)23-11-10-22-16)19-18(20)5-2-14-6-8-21-9-7-14/h3-4,12-14H,2,5-11H2,1H3,(H,19,20). The largest absolute Gasteiger partial charge is 0.486 e. The number of fused-ring (bicyclic) bond motifs is 1. The van der Waals surface area contributed by atoms with Crippen LogP contribution in [0, 0.1) is 5.92 Å². The second-order valence-corrected chi connectivity index (χ2v) is 6.29. The number of carbonyl (C=O) groups excluding carboxylic acids is 1. The number of hydrogen-bond acceptors (Lipinski definition) is 4. The highest BCUT2D eigenvalue weighted by atomic mass is 16.6. The van der Waals surface area contributed by atoms with E-state index >= 15 is 0 Å². The maximum atomic E-state index is 12.2. The van der Waals surface area contributed by atoms with Crippen molar-refractivity contribution in [2.75, 3.05) is 26.4 Å². The molecule has 1 aromatic carbocycles. The molecule has 2 aliphatic rings. The van der Waals surface area contributed by atoms with Gasteiger partial charge in [-0.05, 0) is 49.8 Å². The summed E-state index contributed by atoms with van der Waals surface area (Å²) in [6, 6.07) is 5.82. The molecular weight excluding hydrogens is 294 g/mol. The van der Waals surface area contributed by atoms with Crippen LogP contribution in [0.5, 0.6) is 11.5 Å². The number of amides is 1. The van der Waals surface area contributed by atoms with Gasteiger partial charge in [-0.2, -0.15) is 0 Å². The number of benzene rings is 1. The number of carbonyl (C=O) groups is 1. The lowest BCUT2D eigenvalue weighted by molar-refractivity contribution is -0.122. The first-order valence-electron chi connectivity index (χ1n) is 8.49. The van der Waals surface area contributed by atoms with Gasteiger partial charge in [0.15, 0.2) is 11.5 Å². The smallest absolute Gasteiger partial charge is 0.220 e. The normalized spacial score (nSPS) is 19.2. The number of ether oxygens (including phenoxy) is 3. The van der Waals surface area contributed by atoms with Gasteiger partial charge in [-0.1, -0.05) is 6.07 Å². The highest BCUT2D eigenvalue weighted by Gasteiger charge is 2.18. The van der Waals surface area contributed by atoms with E-state index in [1.165, 1.54) is 0 Å². The van der Waals surface area contributed by atoms with Crippen molar-refractivity contribution in [2.45, 2.75) is 38.6 Å². The predicted octanol–water partition coefficient (Wildman–Crippen LogP) is 2.84. The summed E-state index contributed by atoms with van der Waals surface area (Å²) in [4.78, 5) is 12.2. The zero-order chi connectivity index (χ0) is 16.1. The molecule has 0 bridgehead atoms. The molecule has 2 heterocycles. The summed E-state index contributed by atoms with van der Waals surface area (Å²) in [5.74, 6) is 2.27. The van der Waals surface area contributed by atoms with Crippen LogP contribution in [0.15, 0.2) is 18.2 Å². The molecule has 1 saturated heterocycles. The summed E-state index contributed by atoms with van der Waals surface area (Å²) < 4.78 is 16.5. The van der Waals surface area contributed by atoms with Crippen molar-refractivity contribution < 1.29 is 19.0 Å². The van der Waals surface area contributed by atoms with Gasteiger partial charge in [-0.25, -0.2) is 0 Å². The van der Waals surface area contributed by atoms with Crippen LogP contribution in [0.1, 0.15) is 44.2 Å². The first-order valence-corrected chi connectivity index (χ1v) is 8.49. The summed E-state index contributed by atoms with van der Waals surface area (Å²) in [5.41, 5.74) is 1.04. The quantitative estimate of drug-likeness (QED) is 0.907. The third-order valence-electron chi connectivity index (χ3n) is 4.56. The fourth-order valence-corrected chi connectivity index (χ4v) is 3.10. The van der Waals surface area contributed by atoms with Gasteiger partial charge in [0.05, 0.1) is 6.04 Å². The third kappa shape index (κ3) is 4.38. The van der Waals surface area contributed by atoms with Gasteiger partial charge in [-0.3, -0.25) is 4.79 Å². The molecule has 1 atom stereocenters. The number of nitrogens with one attached hydrogen (secondary N) is 1. The maximum Gasteiger partial charge on any atom is 0.220 e. The molecule has 0 aromatic heterocycles. The Morgan fingerprint density at radius 3 is 2.70 bits per heavy atom. The lowest BCUT2D eigenvalue weighted by Gasteiger charge is -2.23. The lowest BCUT2D eigenvalue weighted by atomic mass is 9.94. The van der Waals surface area contributed by atoms with Crippen LogP contribution in [0.3, 0.4) is 0 Å². The summed E-state index contributed by atoms with van der Waals surface area (Å²) in [6.07, 6.45) is 3.68. The van der Waals surface area contributed by atoms with Gasteiger partial charge in [0, 0.05) is 19.6 Å². The van der Waals surface area contributed by atoms with Gasteiger partial charge in [-0.15, -0.1) is 0 Å². The first-order chi connectivity index (χ1) is 11.2. The predicted molar refractivity (Wildman–Crippen MR) is 86.8 cm³/mol. The average Bonchev–Trinajstić information content (AvgIpc) is 2.60. The molecule has 1 N–H and O–H groups in total. The van der Waals surface area contributed by atoms with Crippen molar-refractivity contribution in [2.24, 2.45) is 5.92 Å². The highest BCUT2D eigenvalue weighted by Crippen LogP contribution is 2.32. The molecule has 0 saturated carbocycles. The van der Waals surface area contributed by atoms with Gasteiger partial charge in [0.25, 0.3) is 0 Å². The van der Waals surface area contributed by atoms with Crippen LogP contribution in [-0.4, -0.2) is 32.3 Å². The van der Waals surface area contributed by atoms with Crippen molar-refractivity contribution in [1.29, 1.82) is 0 Å². The zero-order valence-corrected chi connectivity index (χ0v) is 13.7. The van der Waals surface area contributed by atoms with E-state index < -0.39 is 0 Å². The van der Waals surface area contributed by atoms with Crippen molar-refractivity contribution in [3.8, 4) is 11.5 Å². The summed E-state index contributed by atoms with van der Waals surface area (Å²) in [6.45, 7) is 4.82. The molecule has 1 amide bonds. The van der Waals surface area contributed by atoms with Crippen LogP contribution in [0.4, 0.5) is 0 Å². The minimum absolute atomic E-state index is 0.0342. The monoisotopic (exact) mass is 319 g/mol. The Morgan fingerprint density at radius 2 is 1.91 bits per heavy atom. The SMILES string of the molecule is CC(NC(=O)CCC1CCOCC1)c1ccc2c(c1)OCCO2. The van der Waals surface area contributed by atoms with E-state index in [9.17, 15) is 4.79 Å². The fourth-order valence-electron chi connectivity index (χ4n) is 3.10. The van der Waals surface area contributed by atoms with Crippen LogP contribution in [0.2, 0.25) is 0 Å². The van der Waals surface area contributed by atoms with E-state index in [4.69, 9.17) is 14.2 Å². The van der Waals surface area contributed by atoms with Crippen LogP contribution in [-0.2, 0) is 9.53 Å². The molecule has 3 rings (SSSR count). The van der Waals surface area contributed by atoms with Gasteiger partial charge in [0.2, 0.25) is 5.91 Å². The zero-order valence-electron chi connectivity index (χ0n) is 13.7. The molecule has 0 spiro atoms. The molecule has 1 fully saturated rings. The second kappa shape index (κ2) is 7.68. The van der Waals surface area contributed by atoms with E-state index in [-0.39, 0.29) is 11.9 Å². The number of rotatable bonds is 5. The van der Waals surface area contributed by atoms with Gasteiger partial charge >= 0.3 is 0 Å². The topological polar surface area (TPSA) is 56.8 Å². The summed E-state index contributed by atoms with van der Waals surface area (Å²) in [5, 5.41) is 3.08. The van der Waals surface area contributed by atoms with Crippen LogP contribution < -0.4 is 14.8 Å². The lowest BCUT2D eigenvalue weighted by Crippen LogP contribution is -2.27. The second-order valence-electron chi connectivity index (χ2n) is 6.29. The van der Waals surface area contributed by atoms with Gasteiger partial charge < -0.3 is 19.5 Å². The van der Waals surface area contributed by atoms with Crippen molar-refractivity contribution in [3.63, 3.8) is 0 Å². The van der Waals surface area contributed by atoms with Crippen LogP contribution >= 0.6 is 0 Å². The van der Waals surface area contributed by atoms with Crippen molar-refractivity contribution in [1.82, 2.24) is 5.32 Å². The summed E-state index contributed by atoms with van der Waals surface area (Å²) >= 11 is 0. The number of hydrogen-bond donors (Lipinski definition) is 1. The average molecular weight is 319 g/mol. The highest BCUT2D eigenvalue weighted by molar-refractivity contribution is 5.76. The molecule has 0 aliphatic carbocycles. The molecule has 23 heavy (non-hydrogen) atoms. The molecular formula is C18H25NO4. The molecule has 5 nitrogen and oxygen atoms in total. The summed E-state index contributed by atoms with van der Waals surface area (Å²) in [7, 11) is 0. The van der Waals surface area contributed by atoms with Crippen LogP contribution in [0.25, 0.3) is 0 Å². The Kier molecular flexibility index (Phi) is 5.39. The molecule has 1 aromatic rings. The Morgan fingerprint density at radius 1 is 1.17 bits per heavy atom. The Hall–Kier alpha value is -1.75. The maximum absolute atomic E-state index is 12.2. The Bertz CT molecular complexity index is 540. The first kappa shape index (κ1) is 16.1. The molecule has 2 aliphatic heterocycles. The van der Waals surface area contributed by atoms with E-state index in [1.807, 2.05) is 25.1 Å². The fraction of sp³-hybridized carbons (Fsp3) is 0.611. The van der Waals surface area contributed by atoms with E-state index in [0.717, 1.165) is 49.5 Å². The van der Waals surface area contributed by atoms with Crippen molar-refractivity contribution >= 4 is 5.91 Å². The third-order valence-corrected chi connectivity index (χ3v) is 4.56. The van der Waals surface area contributed by atoms with E-state index in [0.29, 0.717) is 25.6 Å². The molecule has 0 radical (unpaired) electrons.